The van der Waals surface area contributed by atoms with Gasteiger partial charge in [-0.25, -0.2) is 14.8 Å². The Morgan fingerprint density at radius 3 is 2.81 bits per heavy atom. The minimum atomic E-state index is -4.89. The lowest BCUT2D eigenvalue weighted by atomic mass is 9.76. The van der Waals surface area contributed by atoms with Gasteiger partial charge in [0, 0.05) is 48.7 Å². The van der Waals surface area contributed by atoms with Crippen molar-refractivity contribution in [1.29, 1.82) is 5.26 Å². The van der Waals surface area contributed by atoms with Crippen molar-refractivity contribution in [3.05, 3.63) is 53.6 Å². The third-order valence-electron chi connectivity index (χ3n) is 6.54. The first kappa shape index (κ1) is 23.4. The van der Waals surface area contributed by atoms with E-state index in [9.17, 15) is 18.0 Å². The second-order valence-corrected chi connectivity index (χ2v) is 8.94. The number of urea groups is 1. The topological polar surface area (TPSA) is 135 Å². The van der Waals surface area contributed by atoms with Gasteiger partial charge < -0.3 is 20.7 Å². The number of anilines is 1. The number of likely N-dealkylation sites (tertiary alicyclic amines) is 1. The molecule has 3 aromatic rings. The number of rotatable bonds is 4. The van der Waals surface area contributed by atoms with Crippen molar-refractivity contribution in [2.24, 2.45) is 0 Å². The highest BCUT2D eigenvalue weighted by atomic mass is 19.4. The number of hydrogen-bond donors (Lipinski definition) is 2. The molecule has 1 atom stereocenters. The van der Waals surface area contributed by atoms with E-state index in [0.717, 1.165) is 17.7 Å². The van der Waals surface area contributed by atoms with Gasteiger partial charge >= 0.3 is 12.4 Å². The Balaban J connectivity index is 1.28. The Labute approximate surface area is 203 Å². The van der Waals surface area contributed by atoms with Gasteiger partial charge in [-0.15, -0.1) is 13.2 Å². The number of carbonyl (C=O) groups is 1. The molecule has 5 heterocycles. The average Bonchev–Trinajstić information content (AvgIpc) is 3.38. The van der Waals surface area contributed by atoms with Crippen molar-refractivity contribution >= 4 is 11.8 Å². The third kappa shape index (κ3) is 4.26. The number of fused-ring (bicyclic) bond motifs is 2. The van der Waals surface area contributed by atoms with E-state index in [1.807, 2.05) is 23.7 Å². The van der Waals surface area contributed by atoms with Gasteiger partial charge in [-0.3, -0.25) is 4.68 Å². The first-order valence-electron chi connectivity index (χ1n) is 11.1. The van der Waals surface area contributed by atoms with Crippen molar-refractivity contribution < 1.29 is 22.7 Å². The van der Waals surface area contributed by atoms with Crippen molar-refractivity contribution in [2.75, 3.05) is 18.8 Å². The number of aromatic nitrogens is 4. The predicted octanol–water partition coefficient (Wildman–Crippen LogP) is 3.12. The zero-order valence-electron chi connectivity index (χ0n) is 19.1. The van der Waals surface area contributed by atoms with Gasteiger partial charge in [0.05, 0.1) is 11.7 Å². The molecule has 10 nitrogen and oxygen atoms in total. The number of nitrogens with two attached hydrogens (primary N) is 1. The van der Waals surface area contributed by atoms with Crippen LogP contribution in [-0.4, -0.2) is 50.1 Å². The lowest BCUT2D eigenvalue weighted by Crippen LogP contribution is -2.62. The maximum Gasteiger partial charge on any atom is 0.573 e. The van der Waals surface area contributed by atoms with E-state index in [0.29, 0.717) is 30.9 Å². The van der Waals surface area contributed by atoms with Crippen LogP contribution in [0.5, 0.6) is 5.75 Å². The molecule has 0 aliphatic carbocycles. The van der Waals surface area contributed by atoms with Gasteiger partial charge in [0.1, 0.15) is 11.8 Å². The Hall–Kier alpha value is -4.34. The van der Waals surface area contributed by atoms with Crippen LogP contribution in [0, 0.1) is 11.3 Å². The fraction of sp³-hybridized carbons (Fsp3) is 0.348. The molecule has 1 fully saturated rings. The molecule has 3 N–H and O–H groups in total. The lowest BCUT2D eigenvalue weighted by Gasteiger charge is -2.47. The normalized spacial score (nSPS) is 16.7. The van der Waals surface area contributed by atoms with E-state index in [-0.39, 0.29) is 29.0 Å². The predicted molar refractivity (Wildman–Crippen MR) is 120 cm³/mol. The van der Waals surface area contributed by atoms with Crippen LogP contribution in [0.1, 0.15) is 36.3 Å². The van der Waals surface area contributed by atoms with Gasteiger partial charge in [-0.1, -0.05) is 0 Å². The highest BCUT2D eigenvalue weighted by Gasteiger charge is 2.51. The monoisotopic (exact) mass is 498 g/mol. The molecule has 0 aromatic carbocycles. The number of amides is 2. The van der Waals surface area contributed by atoms with Gasteiger partial charge in [0.15, 0.2) is 11.6 Å². The van der Waals surface area contributed by atoms with Gasteiger partial charge in [-0.2, -0.15) is 10.4 Å². The Morgan fingerprint density at radius 1 is 1.31 bits per heavy atom. The Kier molecular flexibility index (Phi) is 5.46. The number of carbonyl (C=O) groups excluding carboxylic acids is 1. The van der Waals surface area contributed by atoms with Crippen LogP contribution in [0.15, 0.2) is 36.7 Å². The Morgan fingerprint density at radius 2 is 2.08 bits per heavy atom. The Bertz CT molecular complexity index is 1370. The molecule has 3 aromatic heterocycles. The summed E-state index contributed by atoms with van der Waals surface area (Å²) in [5.74, 6) is -0.954. The summed E-state index contributed by atoms with van der Waals surface area (Å²) < 4.78 is 43.8. The number of hydrogen-bond acceptors (Lipinski definition) is 7. The molecule has 0 radical (unpaired) electrons. The third-order valence-corrected chi connectivity index (χ3v) is 6.54. The minimum Gasteiger partial charge on any atom is -0.402 e. The molecule has 5 rings (SSSR count). The number of nitriles is 1. The molecule has 2 amide bonds. The highest BCUT2D eigenvalue weighted by Crippen LogP contribution is 2.44. The molecule has 13 heteroatoms. The SMILES string of the molecule is CC(NC(=O)N1CC2(CCn3nc(-c4cnc(N)c(OC(F)(F)F)c4)cc32)C1)c1ccnc(C#N)c1. The molecular formula is C23H21F3N8O2. The van der Waals surface area contributed by atoms with Crippen LogP contribution >= 0.6 is 0 Å². The zero-order valence-corrected chi connectivity index (χ0v) is 19.1. The molecule has 2 aliphatic rings. The number of alkyl halides is 3. The van der Waals surface area contributed by atoms with Crippen molar-refractivity contribution in [1.82, 2.24) is 30.0 Å². The molecule has 2 aliphatic heterocycles. The smallest absolute Gasteiger partial charge is 0.402 e. The van der Waals surface area contributed by atoms with Crippen molar-refractivity contribution in [3.63, 3.8) is 0 Å². The number of pyridine rings is 2. The van der Waals surface area contributed by atoms with Crippen molar-refractivity contribution in [2.45, 2.75) is 37.7 Å². The van der Waals surface area contributed by atoms with Crippen LogP contribution in [0.4, 0.5) is 23.8 Å². The molecule has 1 saturated heterocycles. The van der Waals surface area contributed by atoms with E-state index >= 15 is 0 Å². The second-order valence-electron chi connectivity index (χ2n) is 8.94. The van der Waals surface area contributed by atoms with Crippen LogP contribution in [0.25, 0.3) is 11.3 Å². The molecule has 186 valence electrons. The van der Waals surface area contributed by atoms with Gasteiger partial charge in [0.25, 0.3) is 0 Å². The van der Waals surface area contributed by atoms with E-state index in [1.54, 1.807) is 17.0 Å². The molecule has 1 spiro atoms. The number of ether oxygens (including phenoxy) is 1. The summed E-state index contributed by atoms with van der Waals surface area (Å²) in [6.45, 7) is 3.43. The van der Waals surface area contributed by atoms with Crippen molar-refractivity contribution in [3.8, 4) is 23.1 Å². The largest absolute Gasteiger partial charge is 0.573 e. The number of nitrogen functional groups attached to an aromatic ring is 1. The first-order chi connectivity index (χ1) is 17.1. The van der Waals surface area contributed by atoms with Crippen LogP contribution in [0.3, 0.4) is 0 Å². The summed E-state index contributed by atoms with van der Waals surface area (Å²) in [4.78, 5) is 22.3. The van der Waals surface area contributed by atoms with Gasteiger partial charge in [0.2, 0.25) is 0 Å². The number of nitrogens with one attached hydrogen (secondary N) is 1. The summed E-state index contributed by atoms with van der Waals surface area (Å²) in [5, 5.41) is 16.5. The van der Waals surface area contributed by atoms with Crippen LogP contribution in [0.2, 0.25) is 0 Å². The summed E-state index contributed by atoms with van der Waals surface area (Å²) >= 11 is 0. The van der Waals surface area contributed by atoms with E-state index < -0.39 is 12.1 Å². The van der Waals surface area contributed by atoms with Gasteiger partial charge in [-0.05, 0) is 43.2 Å². The maximum absolute atomic E-state index is 12.8. The molecule has 36 heavy (non-hydrogen) atoms. The highest BCUT2D eigenvalue weighted by molar-refractivity contribution is 5.76. The zero-order chi connectivity index (χ0) is 25.7. The number of nitrogens with zero attached hydrogens (tertiary/aromatic N) is 6. The van der Waals surface area contributed by atoms with E-state index in [2.05, 4.69) is 25.1 Å². The lowest BCUT2D eigenvalue weighted by molar-refractivity contribution is -0.274. The van der Waals surface area contributed by atoms with Crippen LogP contribution in [-0.2, 0) is 12.0 Å². The quantitative estimate of drug-likeness (QED) is 0.564. The summed E-state index contributed by atoms with van der Waals surface area (Å²) in [6, 6.07) is 7.81. The minimum absolute atomic E-state index is 0.224. The molecular weight excluding hydrogens is 477 g/mol. The number of halogens is 3. The molecule has 0 saturated carbocycles. The molecule has 1 unspecified atom stereocenters. The number of aryl methyl sites for hydroxylation is 1. The molecule has 0 bridgehead atoms. The maximum atomic E-state index is 12.8. The summed E-state index contributed by atoms with van der Waals surface area (Å²) in [6.07, 6.45) is -1.21. The first-order valence-corrected chi connectivity index (χ1v) is 11.1. The van der Waals surface area contributed by atoms with E-state index in [4.69, 9.17) is 11.0 Å². The fourth-order valence-electron chi connectivity index (χ4n) is 4.69. The fourth-order valence-corrected chi connectivity index (χ4v) is 4.69. The second kappa shape index (κ2) is 8.40. The summed E-state index contributed by atoms with van der Waals surface area (Å²) in [7, 11) is 0. The van der Waals surface area contributed by atoms with Crippen LogP contribution < -0.4 is 15.8 Å². The average molecular weight is 498 g/mol. The standard InChI is InChI=1S/C23H21F3N8O2/c1-13(14-2-4-29-16(6-14)9-27)31-21(35)33-11-22(12-33)3-5-34-19(22)8-17(32-34)15-7-18(20(28)30-10-15)36-23(24,25)26/h2,4,6-8,10,13H,3,5,11-12H2,1H3,(H2,28,30)(H,31,35). The van der Waals surface area contributed by atoms with E-state index in [1.165, 1.54) is 18.5 Å². The summed E-state index contributed by atoms with van der Waals surface area (Å²) in [5.41, 5.74) is 8.02.